The molecule has 23 heavy (non-hydrogen) atoms. The van der Waals surface area contributed by atoms with Crippen LogP contribution < -0.4 is 4.74 Å². The van der Waals surface area contributed by atoms with E-state index in [2.05, 4.69) is 15.2 Å². The topological polar surface area (TPSA) is 57.2 Å². The lowest BCUT2D eigenvalue weighted by atomic mass is 10.1. The van der Waals surface area contributed by atoms with Gasteiger partial charge in [-0.3, -0.25) is 9.67 Å². The molecule has 114 valence electrons. The van der Waals surface area contributed by atoms with E-state index in [9.17, 15) is 0 Å². The summed E-state index contributed by atoms with van der Waals surface area (Å²) in [6.45, 7) is 0.463. The molecule has 6 heteroatoms. The van der Waals surface area contributed by atoms with Gasteiger partial charge in [0.2, 0.25) is 0 Å². The highest BCUT2D eigenvalue weighted by atomic mass is 16.5. The molecule has 6 nitrogen and oxygen atoms in total. The molecule has 0 aromatic carbocycles. The summed E-state index contributed by atoms with van der Waals surface area (Å²) in [7, 11) is 1.90. The minimum atomic E-state index is 0.463. The Bertz CT molecular complexity index is 942. The van der Waals surface area contributed by atoms with Gasteiger partial charge in [-0.1, -0.05) is 6.07 Å². The van der Waals surface area contributed by atoms with Crippen molar-refractivity contribution in [2.45, 2.75) is 6.61 Å². The van der Waals surface area contributed by atoms with E-state index >= 15 is 0 Å². The van der Waals surface area contributed by atoms with Crippen LogP contribution in [0.25, 0.3) is 16.6 Å². The van der Waals surface area contributed by atoms with Crippen molar-refractivity contribution in [2.24, 2.45) is 7.05 Å². The quantitative estimate of drug-likeness (QED) is 0.582. The van der Waals surface area contributed by atoms with Gasteiger partial charge >= 0.3 is 0 Å². The number of pyridine rings is 2. The molecule has 4 rings (SSSR count). The Morgan fingerprint density at radius 1 is 1.04 bits per heavy atom. The molecule has 4 aromatic heterocycles. The van der Waals surface area contributed by atoms with Crippen LogP contribution in [0.1, 0.15) is 5.56 Å². The van der Waals surface area contributed by atoms with Crippen molar-refractivity contribution in [3.63, 3.8) is 0 Å². The summed E-state index contributed by atoms with van der Waals surface area (Å²) in [5.74, 6) is 0.785. The minimum Gasteiger partial charge on any atom is -0.487 e. The first-order chi connectivity index (χ1) is 11.3. The Morgan fingerprint density at radius 3 is 2.78 bits per heavy atom. The molecule has 0 aliphatic carbocycles. The minimum absolute atomic E-state index is 0.463. The first-order valence-electron chi connectivity index (χ1n) is 7.28. The number of ether oxygens (including phenoxy) is 1. The number of aryl methyl sites for hydroxylation is 1. The van der Waals surface area contributed by atoms with Crippen LogP contribution in [-0.4, -0.2) is 24.4 Å². The number of fused-ring (bicyclic) bond motifs is 1. The van der Waals surface area contributed by atoms with Crippen molar-refractivity contribution >= 4 is 5.52 Å². The second-order valence-electron chi connectivity index (χ2n) is 5.31. The first kappa shape index (κ1) is 13.5. The zero-order chi connectivity index (χ0) is 15.6. The molecule has 0 unspecified atom stereocenters. The van der Waals surface area contributed by atoms with Crippen LogP contribution in [0.4, 0.5) is 0 Å². The zero-order valence-electron chi connectivity index (χ0n) is 12.6. The number of aromatic nitrogens is 5. The zero-order valence-corrected chi connectivity index (χ0v) is 12.6. The summed E-state index contributed by atoms with van der Waals surface area (Å²) in [6.07, 6.45) is 11.1. The number of rotatable bonds is 4. The molecule has 4 aromatic rings. The maximum atomic E-state index is 6.00. The molecule has 4 heterocycles. The monoisotopic (exact) mass is 305 g/mol. The van der Waals surface area contributed by atoms with Crippen LogP contribution in [0.3, 0.4) is 0 Å². The summed E-state index contributed by atoms with van der Waals surface area (Å²) >= 11 is 0. The average Bonchev–Trinajstić information content (AvgIpc) is 3.22. The SMILES string of the molecule is Cn1cc(-c2cc(OCc3cccnc3)c3ccnn3c2)cn1. The van der Waals surface area contributed by atoms with E-state index < -0.39 is 0 Å². The second-order valence-corrected chi connectivity index (χ2v) is 5.31. The van der Waals surface area contributed by atoms with E-state index in [4.69, 9.17) is 4.74 Å². The average molecular weight is 305 g/mol. The fourth-order valence-corrected chi connectivity index (χ4v) is 2.48. The van der Waals surface area contributed by atoms with Crippen molar-refractivity contribution in [1.29, 1.82) is 0 Å². The highest BCUT2D eigenvalue weighted by Gasteiger charge is 2.09. The van der Waals surface area contributed by atoms with Gasteiger partial charge in [-0.15, -0.1) is 0 Å². The molecule has 0 radical (unpaired) electrons. The Labute approximate surface area is 133 Å². The third-order valence-electron chi connectivity index (χ3n) is 3.63. The van der Waals surface area contributed by atoms with Gasteiger partial charge in [0.05, 0.1) is 12.4 Å². The summed E-state index contributed by atoms with van der Waals surface area (Å²) in [5.41, 5.74) is 3.99. The summed E-state index contributed by atoms with van der Waals surface area (Å²) in [4.78, 5) is 4.11. The van der Waals surface area contributed by atoms with E-state index in [1.807, 2.05) is 54.4 Å². The van der Waals surface area contributed by atoms with Crippen molar-refractivity contribution in [3.05, 3.63) is 67.0 Å². The van der Waals surface area contributed by atoms with Crippen LogP contribution in [0.2, 0.25) is 0 Å². The highest BCUT2D eigenvalue weighted by Crippen LogP contribution is 2.28. The maximum Gasteiger partial charge on any atom is 0.146 e. The maximum absolute atomic E-state index is 6.00. The molecule has 0 saturated carbocycles. The van der Waals surface area contributed by atoms with Gasteiger partial charge in [-0.25, -0.2) is 4.52 Å². The van der Waals surface area contributed by atoms with Crippen LogP contribution in [0, 0.1) is 0 Å². The summed E-state index contributed by atoms with van der Waals surface area (Å²) < 4.78 is 9.60. The van der Waals surface area contributed by atoms with Crippen molar-refractivity contribution < 1.29 is 4.74 Å². The van der Waals surface area contributed by atoms with E-state index in [1.165, 1.54) is 0 Å². The molecule has 0 aliphatic rings. The van der Waals surface area contributed by atoms with E-state index in [-0.39, 0.29) is 0 Å². The highest BCUT2D eigenvalue weighted by molar-refractivity contribution is 5.70. The molecular formula is C17H15N5O. The van der Waals surface area contributed by atoms with Gasteiger partial charge < -0.3 is 4.74 Å². The smallest absolute Gasteiger partial charge is 0.146 e. The van der Waals surface area contributed by atoms with Gasteiger partial charge in [0, 0.05) is 48.5 Å². The Kier molecular flexibility index (Phi) is 3.27. The number of hydrogen-bond donors (Lipinski definition) is 0. The molecule has 0 atom stereocenters. The molecule has 0 aliphatic heterocycles. The lowest BCUT2D eigenvalue weighted by Gasteiger charge is -2.10. The standard InChI is InChI=1S/C17H15N5O/c1-21-10-15(9-20-21)14-7-17(16-4-6-19-22(16)11-14)23-12-13-3-2-5-18-8-13/h2-11H,12H2,1H3. The van der Waals surface area contributed by atoms with Crippen LogP contribution in [0.5, 0.6) is 5.75 Å². The molecule has 0 spiro atoms. The Hall–Kier alpha value is -3.15. The predicted molar refractivity (Wildman–Crippen MR) is 86.0 cm³/mol. The molecule has 0 bridgehead atoms. The largest absolute Gasteiger partial charge is 0.487 e. The fourth-order valence-electron chi connectivity index (χ4n) is 2.48. The Balaban J connectivity index is 1.71. The van der Waals surface area contributed by atoms with Gasteiger partial charge in [0.25, 0.3) is 0 Å². The number of hydrogen-bond acceptors (Lipinski definition) is 4. The van der Waals surface area contributed by atoms with Crippen molar-refractivity contribution in [2.75, 3.05) is 0 Å². The molecule has 0 fully saturated rings. The summed E-state index contributed by atoms with van der Waals surface area (Å²) in [6, 6.07) is 7.85. The predicted octanol–water partition coefficient (Wildman–Crippen LogP) is 2.71. The second kappa shape index (κ2) is 5.57. The Morgan fingerprint density at radius 2 is 2.00 bits per heavy atom. The molecule has 0 N–H and O–H groups in total. The van der Waals surface area contributed by atoms with E-state index in [1.54, 1.807) is 23.3 Å². The third kappa shape index (κ3) is 2.66. The lowest BCUT2D eigenvalue weighted by molar-refractivity contribution is 0.308. The van der Waals surface area contributed by atoms with Crippen molar-refractivity contribution in [3.8, 4) is 16.9 Å². The van der Waals surface area contributed by atoms with Crippen molar-refractivity contribution in [1.82, 2.24) is 24.4 Å². The van der Waals surface area contributed by atoms with Gasteiger partial charge in [0.1, 0.15) is 17.9 Å². The summed E-state index contributed by atoms with van der Waals surface area (Å²) in [5, 5.41) is 8.55. The number of nitrogens with zero attached hydrogens (tertiary/aromatic N) is 5. The molecule has 0 amide bonds. The molecular weight excluding hydrogens is 290 g/mol. The fraction of sp³-hybridized carbons (Fsp3) is 0.118. The normalized spacial score (nSPS) is 11.0. The third-order valence-corrected chi connectivity index (χ3v) is 3.63. The lowest BCUT2D eigenvalue weighted by Crippen LogP contribution is -1.99. The molecule has 0 saturated heterocycles. The van der Waals surface area contributed by atoms with Crippen LogP contribution >= 0.6 is 0 Å². The van der Waals surface area contributed by atoms with Gasteiger partial charge in [-0.2, -0.15) is 10.2 Å². The van der Waals surface area contributed by atoms with Crippen LogP contribution in [0.15, 0.2) is 61.4 Å². The van der Waals surface area contributed by atoms with Crippen LogP contribution in [-0.2, 0) is 13.7 Å². The van der Waals surface area contributed by atoms with E-state index in [0.717, 1.165) is 28.0 Å². The van der Waals surface area contributed by atoms with E-state index in [0.29, 0.717) is 6.61 Å². The van der Waals surface area contributed by atoms with Gasteiger partial charge in [0.15, 0.2) is 0 Å². The first-order valence-corrected chi connectivity index (χ1v) is 7.28. The van der Waals surface area contributed by atoms with Gasteiger partial charge in [-0.05, 0) is 18.2 Å².